The van der Waals surface area contributed by atoms with Gasteiger partial charge in [0.2, 0.25) is 6.79 Å². The molecule has 0 unspecified atom stereocenters. The predicted molar refractivity (Wildman–Crippen MR) is 133 cm³/mol. The van der Waals surface area contributed by atoms with E-state index in [9.17, 15) is 67.1 Å². The van der Waals surface area contributed by atoms with Crippen molar-refractivity contribution in [3.05, 3.63) is 24.3 Å². The van der Waals surface area contributed by atoms with Gasteiger partial charge in [-0.2, -0.15) is 10.0 Å². The van der Waals surface area contributed by atoms with Crippen molar-refractivity contribution in [2.24, 2.45) is 10.8 Å². The fourth-order valence-corrected chi connectivity index (χ4v) is 5.21. The average Bonchev–Trinajstić information content (AvgIpc) is 3.54. The van der Waals surface area contributed by atoms with Crippen LogP contribution in [0.25, 0.3) is 0 Å². The Balaban J connectivity index is 0.955. The van der Waals surface area contributed by atoms with Gasteiger partial charge < -0.3 is 20.1 Å². The minimum absolute atomic E-state index is 0.00337. The van der Waals surface area contributed by atoms with E-state index in [-0.39, 0.29) is 24.7 Å². The Kier molecular flexibility index (Phi) is 6.55. The summed E-state index contributed by atoms with van der Waals surface area (Å²) in [5.41, 5.74) is -5.80. The molecular weight excluding hydrogens is 656 g/mol. The van der Waals surface area contributed by atoms with Crippen LogP contribution >= 0.6 is 0 Å². The van der Waals surface area contributed by atoms with Gasteiger partial charge in [0.05, 0.1) is 0 Å². The van der Waals surface area contributed by atoms with Gasteiger partial charge in [-0.3, -0.25) is 77.1 Å². The van der Waals surface area contributed by atoms with Gasteiger partial charge in [-0.05, 0) is 0 Å². The van der Waals surface area contributed by atoms with E-state index in [1.54, 1.807) is 0 Å². The maximum Gasteiger partial charge on any atom is 0.411 e. The van der Waals surface area contributed by atoms with E-state index in [1.807, 2.05) is 10.6 Å². The van der Waals surface area contributed by atoms with Crippen LogP contribution in [0, 0.1) is 10.8 Å². The monoisotopic (exact) mass is 670 g/mol. The molecule has 14 amide bonds. The Hall–Kier alpha value is -7.14. The molecule has 246 valence electrons. The van der Waals surface area contributed by atoms with Gasteiger partial charge in [0, 0.05) is 24.3 Å². The summed E-state index contributed by atoms with van der Waals surface area (Å²) in [4.78, 5) is 173. The van der Waals surface area contributed by atoms with Crippen molar-refractivity contribution in [1.29, 1.82) is 0 Å². The van der Waals surface area contributed by atoms with Gasteiger partial charge in [0.15, 0.2) is 0 Å². The second kappa shape index (κ2) is 10.2. The smallest absolute Gasteiger partial charge is 0.411 e. The summed E-state index contributed by atoms with van der Waals surface area (Å²) in [5, 5.41) is 4.06. The van der Waals surface area contributed by atoms with E-state index in [2.05, 4.69) is 9.47 Å². The first-order valence-corrected chi connectivity index (χ1v) is 13.0. The van der Waals surface area contributed by atoms with Crippen LogP contribution in [0.1, 0.15) is 0 Å². The highest BCUT2D eigenvalue weighted by Crippen LogP contribution is 2.49. The third-order valence-electron chi connectivity index (χ3n) is 7.73. The summed E-state index contributed by atoms with van der Waals surface area (Å²) < 4.78 is 9.00. The molecule has 6 aliphatic heterocycles. The number of nitrogens with one attached hydrogen (secondary N) is 2. The number of carbonyl (C=O) groups excluding carboxylic acids is 14. The Labute approximate surface area is 262 Å². The highest BCUT2D eigenvalue weighted by Gasteiger charge is 2.84. The van der Waals surface area contributed by atoms with Crippen LogP contribution in [0.5, 0.6) is 0 Å². The number of likely N-dealkylation sites (tertiary alicyclic amines) is 3. The minimum Gasteiger partial charge on any atom is -0.412 e. The number of imide groups is 6. The number of hydrogen-bond acceptors (Lipinski definition) is 16. The first kappa shape index (κ1) is 30.9. The fraction of sp³-hybridized carbons (Fsp3) is 0.250. The van der Waals surface area contributed by atoms with Crippen LogP contribution in [0.2, 0.25) is 0 Å². The molecule has 6 rings (SSSR count). The molecule has 0 saturated carbocycles. The fourth-order valence-electron chi connectivity index (χ4n) is 5.21. The van der Waals surface area contributed by atoms with Gasteiger partial charge in [0.25, 0.3) is 81.7 Å². The van der Waals surface area contributed by atoms with E-state index in [0.717, 1.165) is 24.3 Å². The molecule has 6 aliphatic rings. The zero-order valence-electron chi connectivity index (χ0n) is 23.4. The van der Waals surface area contributed by atoms with Crippen LogP contribution in [0.4, 0.5) is 9.59 Å². The van der Waals surface area contributed by atoms with Crippen molar-refractivity contribution < 1.29 is 76.6 Å². The van der Waals surface area contributed by atoms with Crippen LogP contribution in [-0.2, 0) is 67.0 Å². The summed E-state index contributed by atoms with van der Waals surface area (Å²) in [7, 11) is 0. The predicted octanol–water partition coefficient (Wildman–Crippen LogP) is -6.52. The molecule has 6 heterocycles. The molecule has 24 heteroatoms. The highest BCUT2D eigenvalue weighted by molar-refractivity contribution is 6.54. The summed E-state index contributed by atoms with van der Waals surface area (Å²) in [6.45, 7) is -3.64. The lowest BCUT2D eigenvalue weighted by Gasteiger charge is -2.56. The van der Waals surface area contributed by atoms with Crippen LogP contribution in [-0.4, -0.2) is 139 Å². The minimum atomic E-state index is -2.93. The summed E-state index contributed by atoms with van der Waals surface area (Å²) in [6.07, 6.45) is 0.871. The van der Waals surface area contributed by atoms with Crippen molar-refractivity contribution >= 4 is 83.1 Å². The van der Waals surface area contributed by atoms with Gasteiger partial charge in [-0.1, -0.05) is 0 Å². The molecule has 0 aromatic rings. The first-order chi connectivity index (χ1) is 22.6. The second-order valence-electron chi connectivity index (χ2n) is 10.1. The SMILES string of the molecule is O=C(NCN1C(=O)C=CC1=O)OCOC(=O)NCN1C(=O)C2(C1=O)C(=O)N(CN1C(=O)C3(C1=O)C(=O)N(N1C(=O)C=CC1=O)C3=O)C2=O. The lowest BCUT2D eigenvalue weighted by molar-refractivity contribution is -0.217. The number of ether oxygens (including phenoxy) is 2. The molecule has 0 atom stereocenters. The van der Waals surface area contributed by atoms with Gasteiger partial charge >= 0.3 is 12.2 Å². The number of amides is 14. The molecule has 2 spiro atoms. The molecule has 0 aromatic carbocycles. The molecule has 0 radical (unpaired) electrons. The summed E-state index contributed by atoms with van der Waals surface area (Å²) in [5.74, 6) is -15.3. The van der Waals surface area contributed by atoms with Gasteiger partial charge in [-0.25, -0.2) is 9.59 Å². The molecule has 24 nitrogen and oxygen atoms in total. The van der Waals surface area contributed by atoms with Crippen molar-refractivity contribution in [2.75, 3.05) is 26.8 Å². The van der Waals surface area contributed by atoms with Crippen LogP contribution in [0.15, 0.2) is 24.3 Å². The highest BCUT2D eigenvalue weighted by atomic mass is 16.7. The summed E-state index contributed by atoms with van der Waals surface area (Å²) in [6, 6.07) is 0. The van der Waals surface area contributed by atoms with Crippen LogP contribution in [0.3, 0.4) is 0 Å². The van der Waals surface area contributed by atoms with Gasteiger partial charge in [-0.15, -0.1) is 0 Å². The van der Waals surface area contributed by atoms with E-state index in [1.165, 1.54) is 0 Å². The Morgan fingerprint density at radius 3 is 1.27 bits per heavy atom. The van der Waals surface area contributed by atoms with Crippen molar-refractivity contribution in [1.82, 2.24) is 40.3 Å². The van der Waals surface area contributed by atoms with E-state index in [4.69, 9.17) is 0 Å². The average molecular weight is 670 g/mol. The molecule has 0 aromatic heterocycles. The Morgan fingerprint density at radius 1 is 0.479 bits per heavy atom. The number of hydrogen-bond donors (Lipinski definition) is 2. The quantitative estimate of drug-likeness (QED) is 0.0997. The standard InChI is InChI=1S/C24H14N8O16/c33-9-1-2-10(34)27(9)5-25-21(45)47-8-48-22(46)26-6-28-13(37)23(14(28)38)15(39)29(16(23)40)7-30-17(41)24(18(30)42)19(43)32(20(24)44)31-11(35)3-4-12(31)36/h1-4H,5-8H2,(H,25,45)(H,26,46). The molecule has 48 heavy (non-hydrogen) atoms. The van der Waals surface area contributed by atoms with E-state index < -0.39 is 121 Å². The topological polar surface area (TPSA) is 301 Å². The molecule has 4 saturated heterocycles. The third kappa shape index (κ3) is 3.69. The van der Waals surface area contributed by atoms with Crippen molar-refractivity contribution in [3.8, 4) is 0 Å². The molecular formula is C24H14N8O16. The molecule has 0 aliphatic carbocycles. The van der Waals surface area contributed by atoms with E-state index in [0.29, 0.717) is 4.90 Å². The largest absolute Gasteiger partial charge is 0.412 e. The van der Waals surface area contributed by atoms with Crippen molar-refractivity contribution in [2.45, 2.75) is 0 Å². The third-order valence-corrected chi connectivity index (χ3v) is 7.73. The van der Waals surface area contributed by atoms with Gasteiger partial charge in [0.1, 0.15) is 20.0 Å². The number of alkyl carbamates (subject to hydrolysis) is 2. The number of nitrogens with zero attached hydrogens (tertiary/aromatic N) is 6. The maximum atomic E-state index is 12.8. The normalized spacial score (nSPS) is 21.8. The van der Waals surface area contributed by atoms with Crippen molar-refractivity contribution in [3.63, 3.8) is 0 Å². The van der Waals surface area contributed by atoms with Crippen LogP contribution < -0.4 is 10.6 Å². The maximum absolute atomic E-state index is 12.8. The lowest BCUT2D eigenvalue weighted by Crippen LogP contribution is -2.89. The van der Waals surface area contributed by atoms with E-state index >= 15 is 0 Å². The zero-order chi connectivity index (χ0) is 35.0. The lowest BCUT2D eigenvalue weighted by atomic mass is 9.68. The molecule has 2 N–H and O–H groups in total. The number of carbonyl (C=O) groups is 14. The number of hydrazine groups is 1. The Bertz CT molecular complexity index is 1760. The molecule has 4 fully saturated rings. The zero-order valence-corrected chi connectivity index (χ0v) is 23.4. The number of β-lactam (4-membered cyclic amide) rings is 8. The first-order valence-electron chi connectivity index (χ1n) is 13.0. The summed E-state index contributed by atoms with van der Waals surface area (Å²) >= 11 is 0. The number of rotatable bonds is 9. The Morgan fingerprint density at radius 2 is 0.833 bits per heavy atom. The second-order valence-corrected chi connectivity index (χ2v) is 10.1. The molecule has 0 bridgehead atoms.